The van der Waals surface area contributed by atoms with Gasteiger partial charge in [-0.05, 0) is 59.1 Å². The first-order valence-corrected chi connectivity index (χ1v) is 15.4. The average molecular weight is 504 g/mol. The molecule has 1 aromatic carbocycles. The van der Waals surface area contributed by atoms with E-state index in [9.17, 15) is 4.79 Å². The number of aromatic nitrogens is 1. The van der Waals surface area contributed by atoms with Gasteiger partial charge in [-0.3, -0.25) is 9.69 Å². The normalized spacial score (nSPS) is 18.0. The van der Waals surface area contributed by atoms with Gasteiger partial charge >= 0.3 is 0 Å². The predicted molar refractivity (Wildman–Crippen MR) is 132 cm³/mol. The number of carbonyl (C=O) groups excluding carboxylic acids is 1. The molecule has 31 heavy (non-hydrogen) atoms. The van der Waals surface area contributed by atoms with Gasteiger partial charge in [0.25, 0.3) is 0 Å². The Morgan fingerprint density at radius 3 is 2.65 bits per heavy atom. The number of rotatable bonds is 6. The number of hydrogen-bond acceptors (Lipinski definition) is 5. The Kier molecular flexibility index (Phi) is 6.16. The van der Waals surface area contributed by atoms with Crippen LogP contribution in [0, 0.1) is 0 Å². The first kappa shape index (κ1) is 22.3. The minimum atomic E-state index is -1.17. The fourth-order valence-electron chi connectivity index (χ4n) is 4.50. The molecule has 1 amide bonds. The monoisotopic (exact) mass is 502 g/mol. The molecular weight excluding hydrogens is 472 g/mol. The number of piperidine rings is 1. The minimum absolute atomic E-state index is 0.130. The molecule has 1 saturated heterocycles. The number of hydrogen-bond donors (Lipinski definition) is 1. The lowest BCUT2D eigenvalue weighted by molar-refractivity contribution is -0.125. The van der Waals surface area contributed by atoms with Gasteiger partial charge in [-0.1, -0.05) is 25.7 Å². The van der Waals surface area contributed by atoms with Crippen molar-refractivity contribution in [3.05, 3.63) is 46.6 Å². The van der Waals surface area contributed by atoms with E-state index in [0.717, 1.165) is 59.2 Å². The number of nitrogens with two attached hydrogens (primary N) is 1. The smallest absolute Gasteiger partial charge is 0.241 e. The summed E-state index contributed by atoms with van der Waals surface area (Å²) in [6.45, 7) is 9.55. The summed E-state index contributed by atoms with van der Waals surface area (Å²) in [5.74, 6) is 0.896. The summed E-state index contributed by atoms with van der Waals surface area (Å²) in [5, 5.41) is 0. The number of ether oxygens (including phenoxy) is 1. The maximum atomic E-state index is 13.7. The Morgan fingerprint density at radius 1 is 1.23 bits per heavy atom. The molecule has 0 aliphatic carbocycles. The van der Waals surface area contributed by atoms with Crippen LogP contribution < -0.4 is 15.5 Å². The highest BCUT2D eigenvalue weighted by Gasteiger charge is 2.52. The van der Waals surface area contributed by atoms with Gasteiger partial charge in [-0.2, -0.15) is 0 Å². The molecular formula is C23H31BrN4O2Si. The van der Waals surface area contributed by atoms with E-state index in [1.165, 1.54) is 0 Å². The first-order chi connectivity index (χ1) is 14.7. The minimum Gasteiger partial charge on any atom is -0.399 e. The van der Waals surface area contributed by atoms with Gasteiger partial charge in [0, 0.05) is 49.7 Å². The van der Waals surface area contributed by atoms with Crippen LogP contribution in [-0.2, 0) is 14.9 Å². The number of nitrogens with zero attached hydrogens (tertiary/aromatic N) is 3. The molecule has 0 saturated carbocycles. The van der Waals surface area contributed by atoms with Crippen LogP contribution in [0.15, 0.2) is 41.0 Å². The molecule has 1 fully saturated rings. The predicted octanol–water partition coefficient (Wildman–Crippen LogP) is 4.62. The number of fused-ring (bicyclic) bond motifs is 2. The third-order valence-corrected chi connectivity index (χ3v) is 8.70. The average Bonchev–Trinajstić information content (AvgIpc) is 2.94. The summed E-state index contributed by atoms with van der Waals surface area (Å²) in [6, 6.07) is 11.0. The summed E-state index contributed by atoms with van der Waals surface area (Å²) in [6.07, 6.45) is 3.28. The topological polar surface area (TPSA) is 71.7 Å². The largest absolute Gasteiger partial charge is 0.399 e. The van der Waals surface area contributed by atoms with Crippen LogP contribution in [0.1, 0.15) is 18.4 Å². The van der Waals surface area contributed by atoms with Crippen molar-refractivity contribution in [3.63, 3.8) is 0 Å². The van der Waals surface area contributed by atoms with Gasteiger partial charge in [0.05, 0.1) is 11.1 Å². The molecule has 0 bridgehead atoms. The van der Waals surface area contributed by atoms with E-state index in [-0.39, 0.29) is 12.6 Å². The third kappa shape index (κ3) is 4.38. The van der Waals surface area contributed by atoms with Crippen LogP contribution >= 0.6 is 15.9 Å². The summed E-state index contributed by atoms with van der Waals surface area (Å²) < 4.78 is 6.93. The van der Waals surface area contributed by atoms with Crippen LogP contribution in [0.2, 0.25) is 25.7 Å². The fourth-order valence-corrected chi connectivity index (χ4v) is 5.91. The lowest BCUT2D eigenvalue weighted by Gasteiger charge is -2.39. The quantitative estimate of drug-likeness (QED) is 0.354. The Bertz CT molecular complexity index is 970. The summed E-state index contributed by atoms with van der Waals surface area (Å²) in [5.41, 5.74) is 8.29. The maximum absolute atomic E-state index is 13.7. The number of pyridine rings is 1. The van der Waals surface area contributed by atoms with E-state index < -0.39 is 13.5 Å². The molecule has 1 aromatic heterocycles. The second-order valence-electron chi connectivity index (χ2n) is 9.74. The van der Waals surface area contributed by atoms with E-state index in [4.69, 9.17) is 10.5 Å². The number of benzene rings is 1. The number of nitrogen functional groups attached to an aromatic ring is 1. The lowest BCUT2D eigenvalue weighted by Crippen LogP contribution is -2.49. The zero-order valence-electron chi connectivity index (χ0n) is 18.5. The molecule has 8 heteroatoms. The van der Waals surface area contributed by atoms with Crippen molar-refractivity contribution in [2.45, 2.75) is 43.9 Å². The first-order valence-electron chi connectivity index (χ1n) is 10.9. The molecule has 6 nitrogen and oxygen atoms in total. The number of amides is 1. The summed E-state index contributed by atoms with van der Waals surface area (Å²) in [4.78, 5) is 22.3. The van der Waals surface area contributed by atoms with E-state index in [0.29, 0.717) is 6.61 Å². The van der Waals surface area contributed by atoms with Crippen molar-refractivity contribution in [3.8, 4) is 0 Å². The van der Waals surface area contributed by atoms with Crippen LogP contribution in [0.5, 0.6) is 0 Å². The van der Waals surface area contributed by atoms with Crippen molar-refractivity contribution in [1.29, 1.82) is 0 Å². The Morgan fingerprint density at radius 2 is 1.97 bits per heavy atom. The summed E-state index contributed by atoms with van der Waals surface area (Å²) in [7, 11) is -1.17. The Hall–Kier alpha value is -1.90. The SMILES string of the molecule is C[Si](C)(C)CCOCN1C(=O)C2(CCN(c3ccc(N)cc3Br)CC2)c2cccnc21. The highest BCUT2D eigenvalue weighted by molar-refractivity contribution is 9.10. The molecule has 2 aromatic rings. The van der Waals surface area contributed by atoms with E-state index in [1.807, 2.05) is 24.3 Å². The van der Waals surface area contributed by atoms with Gasteiger partial charge in [-0.25, -0.2) is 4.98 Å². The number of halogens is 1. The number of carbonyl (C=O) groups is 1. The van der Waals surface area contributed by atoms with Crippen LogP contribution in [-0.4, -0.2) is 45.4 Å². The van der Waals surface area contributed by atoms with Crippen LogP contribution in [0.25, 0.3) is 0 Å². The van der Waals surface area contributed by atoms with Gasteiger partial charge in [-0.15, -0.1) is 0 Å². The number of anilines is 3. The second-order valence-corrected chi connectivity index (χ2v) is 16.2. The standard InChI is InChI=1S/C23H31BrN4O2Si/c1-31(2,3)14-13-30-16-28-21-18(5-4-10-26-21)23(22(28)29)8-11-27(12-9-23)20-7-6-17(25)15-19(20)24/h4-7,10,15H,8-9,11-14,16,25H2,1-3H3. The van der Waals surface area contributed by atoms with Crippen LogP contribution in [0.4, 0.5) is 17.2 Å². The maximum Gasteiger partial charge on any atom is 0.241 e. The zero-order valence-corrected chi connectivity index (χ0v) is 21.1. The van der Waals surface area contributed by atoms with E-state index >= 15 is 0 Å². The Balaban J connectivity index is 1.50. The highest BCUT2D eigenvalue weighted by atomic mass is 79.9. The molecule has 2 aliphatic heterocycles. The van der Waals surface area contributed by atoms with Crippen molar-refractivity contribution in [2.75, 3.05) is 42.0 Å². The van der Waals surface area contributed by atoms with Gasteiger partial charge in [0.2, 0.25) is 5.91 Å². The third-order valence-electron chi connectivity index (χ3n) is 6.36. The molecule has 0 radical (unpaired) electrons. The highest BCUT2D eigenvalue weighted by Crippen LogP contribution is 2.47. The molecule has 166 valence electrons. The van der Waals surface area contributed by atoms with Crippen molar-refractivity contribution in [2.24, 2.45) is 0 Å². The van der Waals surface area contributed by atoms with Gasteiger partial charge < -0.3 is 15.4 Å². The molecule has 2 aliphatic rings. The summed E-state index contributed by atoms with van der Waals surface area (Å²) >= 11 is 3.63. The van der Waals surface area contributed by atoms with Crippen molar-refractivity contribution >= 4 is 47.1 Å². The van der Waals surface area contributed by atoms with Crippen molar-refractivity contribution < 1.29 is 9.53 Å². The fraction of sp³-hybridized carbons (Fsp3) is 0.478. The molecule has 0 atom stereocenters. The van der Waals surface area contributed by atoms with Gasteiger partial charge in [0.1, 0.15) is 12.5 Å². The molecule has 0 unspecified atom stereocenters. The Labute approximate surface area is 193 Å². The van der Waals surface area contributed by atoms with E-state index in [2.05, 4.69) is 51.5 Å². The van der Waals surface area contributed by atoms with Crippen LogP contribution in [0.3, 0.4) is 0 Å². The molecule has 1 spiro atoms. The van der Waals surface area contributed by atoms with Gasteiger partial charge in [0.15, 0.2) is 0 Å². The van der Waals surface area contributed by atoms with Crippen molar-refractivity contribution in [1.82, 2.24) is 4.98 Å². The second kappa shape index (κ2) is 8.56. The zero-order chi connectivity index (χ0) is 22.2. The van der Waals surface area contributed by atoms with E-state index in [1.54, 1.807) is 11.1 Å². The molecule has 3 heterocycles. The molecule has 4 rings (SSSR count). The lowest BCUT2D eigenvalue weighted by atomic mass is 9.74. The molecule has 2 N–H and O–H groups in total.